The zero-order valence-electron chi connectivity index (χ0n) is 17.8. The van der Waals surface area contributed by atoms with Gasteiger partial charge in [0, 0.05) is 15.9 Å². The maximum absolute atomic E-state index is 11.6. The number of nitrogens with one attached hydrogen (secondary N) is 2. The lowest BCUT2D eigenvalue weighted by molar-refractivity contribution is -0.126. The number of carbonyl (C=O) groups is 1. The van der Waals surface area contributed by atoms with Gasteiger partial charge in [-0.25, -0.2) is 0 Å². The SMILES string of the molecule is CCNCCOCCOCCNC(=O)COCCOCCOCCOC(C)C.[HH].[HH]. The number of ether oxygens (including phenoxy) is 6. The molecule has 0 radical (unpaired) electrons. The average Bonchev–Trinajstić information content (AvgIpc) is 2.67. The summed E-state index contributed by atoms with van der Waals surface area (Å²) in [6, 6.07) is 0. The van der Waals surface area contributed by atoms with Crippen molar-refractivity contribution in [2.45, 2.75) is 26.9 Å². The molecule has 1 amide bonds. The monoisotopic (exact) mass is 412 g/mol. The molecule has 9 heteroatoms. The molecule has 0 unspecified atom stereocenters. The van der Waals surface area contributed by atoms with Crippen LogP contribution in [0.2, 0.25) is 0 Å². The molecule has 0 aromatic rings. The third-order valence-corrected chi connectivity index (χ3v) is 3.27. The van der Waals surface area contributed by atoms with Crippen LogP contribution >= 0.6 is 0 Å². The zero-order valence-corrected chi connectivity index (χ0v) is 17.8. The van der Waals surface area contributed by atoms with Crippen molar-refractivity contribution in [1.29, 1.82) is 0 Å². The Morgan fingerprint density at radius 3 is 1.82 bits per heavy atom. The minimum atomic E-state index is -0.168. The molecule has 0 fully saturated rings. The fourth-order valence-electron chi connectivity index (χ4n) is 1.90. The second-order valence-corrected chi connectivity index (χ2v) is 6.13. The van der Waals surface area contributed by atoms with Gasteiger partial charge in [-0.2, -0.15) is 0 Å². The van der Waals surface area contributed by atoms with Crippen molar-refractivity contribution >= 4 is 5.91 Å². The van der Waals surface area contributed by atoms with Gasteiger partial charge in [-0.15, -0.1) is 0 Å². The third-order valence-electron chi connectivity index (χ3n) is 3.27. The molecule has 172 valence electrons. The summed E-state index contributed by atoms with van der Waals surface area (Å²) in [5.41, 5.74) is 0. The van der Waals surface area contributed by atoms with E-state index in [1.165, 1.54) is 0 Å². The van der Waals surface area contributed by atoms with Gasteiger partial charge in [-0.1, -0.05) is 6.92 Å². The Labute approximate surface area is 172 Å². The van der Waals surface area contributed by atoms with Gasteiger partial charge in [0.2, 0.25) is 5.91 Å². The van der Waals surface area contributed by atoms with Crippen LogP contribution in [0.25, 0.3) is 0 Å². The molecular weight excluding hydrogens is 368 g/mol. The molecule has 0 aromatic carbocycles. The molecule has 0 atom stereocenters. The third kappa shape index (κ3) is 23.2. The smallest absolute Gasteiger partial charge is 0.246 e. The first kappa shape index (κ1) is 27.2. The standard InChI is InChI=1S/C19H40N2O7.2H2/c1-4-20-5-7-23-9-10-24-8-6-21-19(22)17-27-14-13-25-11-12-26-15-16-28-18(2)3;;/h18,20H,4-17H2,1-3H3,(H,21,22);2*1H. The second kappa shape index (κ2) is 22.5. The van der Waals surface area contributed by atoms with E-state index < -0.39 is 0 Å². The van der Waals surface area contributed by atoms with Crippen molar-refractivity contribution in [3.8, 4) is 0 Å². The molecule has 0 spiro atoms. The summed E-state index contributed by atoms with van der Waals surface area (Å²) in [5, 5.41) is 5.90. The van der Waals surface area contributed by atoms with E-state index in [4.69, 9.17) is 28.4 Å². The Morgan fingerprint density at radius 2 is 1.25 bits per heavy atom. The van der Waals surface area contributed by atoms with E-state index in [0.717, 1.165) is 13.1 Å². The molecular formula is C19H44N2O7. The molecule has 2 N–H and O–H groups in total. The van der Waals surface area contributed by atoms with E-state index in [1.54, 1.807) is 0 Å². The highest BCUT2D eigenvalue weighted by Gasteiger charge is 2.01. The number of amides is 1. The number of hydrogen-bond donors (Lipinski definition) is 2. The fraction of sp³-hybridized carbons (Fsp3) is 0.947. The number of rotatable bonds is 22. The van der Waals surface area contributed by atoms with Crippen LogP contribution in [0.5, 0.6) is 0 Å². The van der Waals surface area contributed by atoms with Gasteiger partial charge < -0.3 is 39.1 Å². The molecule has 28 heavy (non-hydrogen) atoms. The summed E-state index contributed by atoms with van der Waals surface area (Å²) in [6.45, 7) is 13.4. The molecule has 0 aromatic heterocycles. The van der Waals surface area contributed by atoms with Crippen molar-refractivity contribution in [2.24, 2.45) is 0 Å². The van der Waals surface area contributed by atoms with E-state index in [2.05, 4.69) is 17.6 Å². The van der Waals surface area contributed by atoms with E-state index in [9.17, 15) is 4.79 Å². The summed E-state index contributed by atoms with van der Waals surface area (Å²) in [7, 11) is 0. The Hall–Kier alpha value is -0.810. The van der Waals surface area contributed by atoms with Crippen LogP contribution in [0.3, 0.4) is 0 Å². The van der Waals surface area contributed by atoms with E-state index in [0.29, 0.717) is 72.6 Å². The minimum absolute atomic E-state index is 0. The van der Waals surface area contributed by atoms with Crippen LogP contribution in [-0.2, 0) is 33.2 Å². The maximum Gasteiger partial charge on any atom is 0.246 e. The summed E-state index contributed by atoms with van der Waals surface area (Å²) in [5.74, 6) is -0.168. The fourth-order valence-corrected chi connectivity index (χ4v) is 1.90. The Balaban J connectivity index is -0.00000364. The summed E-state index contributed by atoms with van der Waals surface area (Å²) < 4.78 is 32.0. The highest BCUT2D eigenvalue weighted by molar-refractivity contribution is 5.77. The first-order valence-corrected chi connectivity index (χ1v) is 10.1. The maximum atomic E-state index is 11.6. The number of hydrogen-bond acceptors (Lipinski definition) is 8. The van der Waals surface area contributed by atoms with Gasteiger partial charge >= 0.3 is 0 Å². The summed E-state index contributed by atoms with van der Waals surface area (Å²) in [6.07, 6.45) is 0.222. The number of likely N-dealkylation sites (N-methyl/N-ethyl adjacent to an activating group) is 1. The Morgan fingerprint density at radius 1 is 0.750 bits per heavy atom. The van der Waals surface area contributed by atoms with Crippen LogP contribution < -0.4 is 10.6 Å². The first-order chi connectivity index (χ1) is 13.7. The molecule has 0 rings (SSSR count). The van der Waals surface area contributed by atoms with Crippen LogP contribution in [0.1, 0.15) is 23.6 Å². The van der Waals surface area contributed by atoms with Gasteiger partial charge in [0.15, 0.2) is 0 Å². The van der Waals surface area contributed by atoms with Gasteiger partial charge in [-0.05, 0) is 20.4 Å². The molecule has 0 heterocycles. The molecule has 0 saturated heterocycles. The van der Waals surface area contributed by atoms with Crippen LogP contribution in [0.15, 0.2) is 0 Å². The van der Waals surface area contributed by atoms with E-state index >= 15 is 0 Å². The molecule has 0 bridgehead atoms. The molecule has 0 aliphatic heterocycles. The van der Waals surface area contributed by atoms with Gasteiger partial charge in [0.25, 0.3) is 0 Å². The van der Waals surface area contributed by atoms with Gasteiger partial charge in [-0.3, -0.25) is 4.79 Å². The van der Waals surface area contributed by atoms with Crippen molar-refractivity contribution in [1.82, 2.24) is 10.6 Å². The zero-order chi connectivity index (χ0) is 20.7. The van der Waals surface area contributed by atoms with Gasteiger partial charge in [0.1, 0.15) is 6.61 Å². The minimum Gasteiger partial charge on any atom is -0.378 e. The first-order valence-electron chi connectivity index (χ1n) is 10.1. The Kier molecular flexibility index (Phi) is 21.8. The van der Waals surface area contributed by atoms with Gasteiger partial charge in [0.05, 0.1) is 72.2 Å². The van der Waals surface area contributed by atoms with Crippen molar-refractivity contribution < 1.29 is 36.1 Å². The predicted octanol–water partition coefficient (Wildman–Crippen LogP) is 0.712. The predicted molar refractivity (Wildman–Crippen MR) is 111 cm³/mol. The Bertz CT molecular complexity index is 344. The lowest BCUT2D eigenvalue weighted by Gasteiger charge is -2.09. The van der Waals surface area contributed by atoms with E-state index in [-0.39, 0.29) is 21.5 Å². The molecule has 0 aliphatic rings. The molecule has 9 nitrogen and oxygen atoms in total. The van der Waals surface area contributed by atoms with Crippen molar-refractivity contribution in [3.05, 3.63) is 0 Å². The highest BCUT2D eigenvalue weighted by atomic mass is 16.6. The normalized spacial score (nSPS) is 11.3. The van der Waals surface area contributed by atoms with Crippen LogP contribution in [0, 0.1) is 0 Å². The molecule has 0 aliphatic carbocycles. The highest BCUT2D eigenvalue weighted by Crippen LogP contribution is 1.88. The largest absolute Gasteiger partial charge is 0.378 e. The lowest BCUT2D eigenvalue weighted by Crippen LogP contribution is -2.31. The lowest BCUT2D eigenvalue weighted by atomic mass is 10.5. The van der Waals surface area contributed by atoms with Crippen molar-refractivity contribution in [2.75, 3.05) is 92.3 Å². The average molecular weight is 413 g/mol. The molecule has 0 saturated carbocycles. The summed E-state index contributed by atoms with van der Waals surface area (Å²) in [4.78, 5) is 11.6. The topological polar surface area (TPSA) is 96.5 Å². The van der Waals surface area contributed by atoms with Crippen LogP contribution in [0.4, 0.5) is 0 Å². The summed E-state index contributed by atoms with van der Waals surface area (Å²) >= 11 is 0. The van der Waals surface area contributed by atoms with E-state index in [1.807, 2.05) is 13.8 Å². The second-order valence-electron chi connectivity index (χ2n) is 6.13. The van der Waals surface area contributed by atoms with Crippen molar-refractivity contribution in [3.63, 3.8) is 0 Å². The quantitative estimate of drug-likeness (QED) is 0.251. The number of carbonyl (C=O) groups excluding carboxylic acids is 1. The van der Waals surface area contributed by atoms with Crippen LogP contribution in [-0.4, -0.2) is 104 Å².